The molecule has 2 aromatic heterocycles. The van der Waals surface area contributed by atoms with E-state index in [4.69, 9.17) is 16.3 Å². The maximum absolute atomic E-state index is 14.3. The minimum atomic E-state index is -0.410. The normalized spacial score (nSPS) is 16.4. The highest BCUT2D eigenvalue weighted by Crippen LogP contribution is 2.34. The lowest BCUT2D eigenvalue weighted by atomic mass is 10.0. The highest BCUT2D eigenvalue weighted by molar-refractivity contribution is 8.00. The Labute approximate surface area is 224 Å². The monoisotopic (exact) mass is 551 g/mol. The van der Waals surface area contributed by atoms with Crippen LogP contribution in [0.5, 0.6) is 5.75 Å². The number of carbonyl (C=O) groups is 1. The van der Waals surface area contributed by atoms with Gasteiger partial charge in [-0.05, 0) is 62.2 Å². The van der Waals surface area contributed by atoms with Crippen LogP contribution in [0, 0.1) is 5.82 Å². The minimum absolute atomic E-state index is 0. The van der Waals surface area contributed by atoms with E-state index in [1.54, 1.807) is 12.3 Å². The van der Waals surface area contributed by atoms with E-state index in [9.17, 15) is 9.18 Å². The molecule has 0 unspecified atom stereocenters. The van der Waals surface area contributed by atoms with Crippen molar-refractivity contribution < 1.29 is 13.9 Å². The van der Waals surface area contributed by atoms with Gasteiger partial charge in [0.2, 0.25) is 5.91 Å². The van der Waals surface area contributed by atoms with Crippen LogP contribution in [0.2, 0.25) is 5.02 Å². The lowest BCUT2D eigenvalue weighted by Gasteiger charge is -2.32. The number of hydrogen-bond acceptors (Lipinski definition) is 7. The van der Waals surface area contributed by atoms with Gasteiger partial charge in [0, 0.05) is 25.3 Å². The molecule has 36 heavy (non-hydrogen) atoms. The van der Waals surface area contributed by atoms with Crippen molar-refractivity contribution in [1.82, 2.24) is 20.2 Å². The Balaban J connectivity index is 0.00000304. The number of rotatable bonds is 7. The van der Waals surface area contributed by atoms with Crippen molar-refractivity contribution >= 4 is 58.4 Å². The average Bonchev–Trinajstić information content (AvgIpc) is 2.87. The molecule has 0 radical (unpaired) electrons. The van der Waals surface area contributed by atoms with Crippen LogP contribution in [0.25, 0.3) is 10.9 Å². The van der Waals surface area contributed by atoms with Crippen LogP contribution in [0.15, 0.2) is 35.4 Å². The van der Waals surface area contributed by atoms with E-state index < -0.39 is 5.82 Å². The van der Waals surface area contributed by atoms with Gasteiger partial charge in [0.1, 0.15) is 5.82 Å². The van der Waals surface area contributed by atoms with E-state index in [1.807, 2.05) is 12.1 Å². The van der Waals surface area contributed by atoms with Crippen molar-refractivity contribution in [3.63, 3.8) is 0 Å². The van der Waals surface area contributed by atoms with Gasteiger partial charge < -0.3 is 20.3 Å². The molecule has 0 aliphatic carbocycles. The number of amides is 1. The van der Waals surface area contributed by atoms with Gasteiger partial charge in [0.05, 0.1) is 39.4 Å². The number of likely N-dealkylation sites (tertiary alicyclic amines) is 1. The van der Waals surface area contributed by atoms with Gasteiger partial charge in [0.15, 0.2) is 11.6 Å². The van der Waals surface area contributed by atoms with Gasteiger partial charge in [-0.1, -0.05) is 11.6 Å². The number of benzene rings is 1. The quantitative estimate of drug-likeness (QED) is 0.440. The molecule has 0 spiro atoms. The topological polar surface area (TPSA) is 79.4 Å². The molecule has 3 aromatic rings. The first kappa shape index (κ1) is 26.9. The average molecular weight is 553 g/mol. The molecule has 2 aliphatic heterocycles. The number of methoxy groups -OCH3 is 1. The second kappa shape index (κ2) is 11.9. The lowest BCUT2D eigenvalue weighted by Crippen LogP contribution is -2.43. The summed E-state index contributed by atoms with van der Waals surface area (Å²) < 4.78 is 19.7. The number of nitrogens with one attached hydrogen (secondary N) is 2. The number of fused-ring (bicyclic) bond motifs is 2. The SMILES string of the molecule is COc1c(F)ccc2ncc(Cl)c(CCN3CCC(NCc4ccc5c(n4)NC(=O)CS5)CC3)c12.Cl. The highest BCUT2D eigenvalue weighted by atomic mass is 35.5. The van der Waals surface area contributed by atoms with E-state index in [1.165, 1.54) is 24.9 Å². The molecule has 4 heterocycles. The van der Waals surface area contributed by atoms with Crippen molar-refractivity contribution in [1.29, 1.82) is 0 Å². The molecule has 2 N–H and O–H groups in total. The zero-order valence-corrected chi connectivity index (χ0v) is 22.2. The molecular weight excluding hydrogens is 524 g/mol. The lowest BCUT2D eigenvalue weighted by molar-refractivity contribution is -0.113. The third-order valence-corrected chi connectivity index (χ3v) is 7.94. The van der Waals surface area contributed by atoms with E-state index in [0.717, 1.165) is 48.6 Å². The molecule has 7 nitrogen and oxygen atoms in total. The van der Waals surface area contributed by atoms with Gasteiger partial charge >= 0.3 is 0 Å². The number of pyridine rings is 2. The maximum Gasteiger partial charge on any atom is 0.235 e. The number of anilines is 1. The molecule has 192 valence electrons. The van der Waals surface area contributed by atoms with Crippen molar-refractivity contribution in [2.75, 3.05) is 37.8 Å². The van der Waals surface area contributed by atoms with E-state index in [2.05, 4.69) is 25.5 Å². The van der Waals surface area contributed by atoms with E-state index in [0.29, 0.717) is 46.5 Å². The Morgan fingerprint density at radius 3 is 2.86 bits per heavy atom. The van der Waals surface area contributed by atoms with Gasteiger partial charge in [-0.25, -0.2) is 9.37 Å². The fourth-order valence-electron chi connectivity index (χ4n) is 4.70. The highest BCUT2D eigenvalue weighted by Gasteiger charge is 2.22. The van der Waals surface area contributed by atoms with Crippen LogP contribution in [-0.2, 0) is 17.8 Å². The third kappa shape index (κ3) is 5.86. The summed E-state index contributed by atoms with van der Waals surface area (Å²) in [5.41, 5.74) is 2.48. The van der Waals surface area contributed by atoms with Crippen LogP contribution >= 0.6 is 35.8 Å². The Kier molecular flexibility index (Phi) is 8.90. The number of nitrogens with zero attached hydrogens (tertiary/aromatic N) is 3. The number of piperidine rings is 1. The van der Waals surface area contributed by atoms with E-state index in [-0.39, 0.29) is 24.1 Å². The summed E-state index contributed by atoms with van der Waals surface area (Å²) in [6, 6.07) is 7.49. The molecular formula is C25H28Cl2FN5O2S. The van der Waals surface area contributed by atoms with Gasteiger partial charge in [0.25, 0.3) is 0 Å². The summed E-state index contributed by atoms with van der Waals surface area (Å²) >= 11 is 8.00. The first-order chi connectivity index (χ1) is 17.0. The van der Waals surface area contributed by atoms with Crippen LogP contribution in [0.1, 0.15) is 24.1 Å². The van der Waals surface area contributed by atoms with Crippen LogP contribution in [0.3, 0.4) is 0 Å². The molecule has 1 aromatic carbocycles. The zero-order chi connectivity index (χ0) is 24.4. The Morgan fingerprint density at radius 1 is 1.28 bits per heavy atom. The third-order valence-electron chi connectivity index (χ3n) is 6.57. The number of hydrogen-bond donors (Lipinski definition) is 2. The van der Waals surface area contributed by atoms with Crippen LogP contribution in [-0.4, -0.2) is 59.3 Å². The Bertz CT molecular complexity index is 1250. The van der Waals surface area contributed by atoms with Gasteiger partial charge in [-0.2, -0.15) is 0 Å². The maximum atomic E-state index is 14.3. The van der Waals surface area contributed by atoms with Crippen molar-refractivity contribution in [2.45, 2.75) is 36.7 Å². The smallest absolute Gasteiger partial charge is 0.235 e. The number of carbonyl (C=O) groups excluding carboxylic acids is 1. The predicted octanol–water partition coefficient (Wildman–Crippen LogP) is 4.69. The Morgan fingerprint density at radius 2 is 2.08 bits per heavy atom. The minimum Gasteiger partial charge on any atom is -0.493 e. The number of halogens is 3. The number of ether oxygens (including phenoxy) is 1. The summed E-state index contributed by atoms with van der Waals surface area (Å²) in [5.74, 6) is 0.895. The molecule has 11 heteroatoms. The molecule has 0 bridgehead atoms. The largest absolute Gasteiger partial charge is 0.493 e. The number of aromatic nitrogens is 2. The standard InChI is InChI=1S/C25H27ClFN5O2S.ClH/c1-34-24-19(27)3-4-20-23(24)17(18(26)13-29-20)8-11-32-9-6-15(7-10-32)28-12-16-2-5-21-25(30-16)31-22(33)14-35-21;/h2-5,13,15,28H,6-12,14H2,1H3,(H,30,31,33);1H. The predicted molar refractivity (Wildman–Crippen MR) is 144 cm³/mol. The van der Waals surface area contributed by atoms with Crippen molar-refractivity contribution in [2.24, 2.45) is 0 Å². The fraction of sp³-hybridized carbons (Fsp3) is 0.400. The molecule has 0 atom stereocenters. The van der Waals surface area contributed by atoms with Crippen LogP contribution in [0.4, 0.5) is 10.2 Å². The van der Waals surface area contributed by atoms with Gasteiger partial charge in [-0.15, -0.1) is 24.2 Å². The molecule has 5 rings (SSSR count). The molecule has 1 fully saturated rings. The summed E-state index contributed by atoms with van der Waals surface area (Å²) in [4.78, 5) is 24.0. The zero-order valence-electron chi connectivity index (χ0n) is 19.9. The van der Waals surface area contributed by atoms with Gasteiger partial charge in [-0.3, -0.25) is 9.78 Å². The van der Waals surface area contributed by atoms with Crippen molar-refractivity contribution in [3.8, 4) is 5.75 Å². The first-order valence-electron chi connectivity index (χ1n) is 11.7. The molecule has 1 saturated heterocycles. The second-order valence-corrected chi connectivity index (χ2v) is 10.2. The van der Waals surface area contributed by atoms with E-state index >= 15 is 0 Å². The fourth-order valence-corrected chi connectivity index (χ4v) is 5.69. The summed E-state index contributed by atoms with van der Waals surface area (Å²) in [5, 5.41) is 7.65. The van der Waals surface area contributed by atoms with Crippen molar-refractivity contribution in [3.05, 3.63) is 52.6 Å². The number of thioether (sulfide) groups is 1. The molecule has 1 amide bonds. The summed E-state index contributed by atoms with van der Waals surface area (Å²) in [7, 11) is 1.47. The molecule has 2 aliphatic rings. The first-order valence-corrected chi connectivity index (χ1v) is 13.1. The Hall–Kier alpha value is -2.17. The van der Waals surface area contributed by atoms with Crippen LogP contribution < -0.4 is 15.4 Å². The summed E-state index contributed by atoms with van der Waals surface area (Å²) in [6.45, 7) is 3.43. The molecule has 0 saturated carbocycles. The second-order valence-electron chi connectivity index (χ2n) is 8.79. The summed E-state index contributed by atoms with van der Waals surface area (Å²) in [6.07, 6.45) is 4.38.